The van der Waals surface area contributed by atoms with Gasteiger partial charge >= 0.3 is 0 Å². The van der Waals surface area contributed by atoms with Gasteiger partial charge in [0.1, 0.15) is 0 Å². The molecule has 106 valence electrons. The molecule has 0 spiro atoms. The lowest BCUT2D eigenvalue weighted by Crippen LogP contribution is -2.10. The fraction of sp³-hybridized carbons (Fsp3) is 0.333. The molecule has 0 aliphatic carbocycles. The number of hydrogen-bond donors (Lipinski definition) is 2. The van der Waals surface area contributed by atoms with E-state index in [1.54, 1.807) is 12.1 Å². The Morgan fingerprint density at radius 2 is 1.35 bits per heavy atom. The van der Waals surface area contributed by atoms with Crippen LogP contribution >= 0.6 is 0 Å². The number of hydrogen-bond acceptors (Lipinski definition) is 2. The third kappa shape index (κ3) is 2.96. The Kier molecular flexibility index (Phi) is 4.67. The van der Waals surface area contributed by atoms with Gasteiger partial charge in [-0.25, -0.2) is 0 Å². The molecule has 0 heterocycles. The second-order valence-electron chi connectivity index (χ2n) is 5.19. The lowest BCUT2D eigenvalue weighted by molar-refractivity contribution is 0.401. The van der Waals surface area contributed by atoms with Crippen molar-refractivity contribution in [1.82, 2.24) is 0 Å². The smallest absolute Gasteiger partial charge is 0.157 e. The Bertz CT molecular complexity index is 549. The van der Waals surface area contributed by atoms with Crippen molar-refractivity contribution in [2.24, 2.45) is 0 Å². The first kappa shape index (κ1) is 14.4. The van der Waals surface area contributed by atoms with E-state index in [0.29, 0.717) is 11.8 Å². The molecule has 2 rings (SSSR count). The van der Waals surface area contributed by atoms with Crippen molar-refractivity contribution < 1.29 is 10.2 Å². The van der Waals surface area contributed by atoms with Gasteiger partial charge in [-0.1, -0.05) is 50.2 Å². The maximum absolute atomic E-state index is 9.72. The molecule has 0 unspecified atom stereocenters. The first-order valence-corrected chi connectivity index (χ1v) is 7.24. The highest BCUT2D eigenvalue weighted by Crippen LogP contribution is 2.40. The minimum atomic E-state index is -0.0589. The summed E-state index contributed by atoms with van der Waals surface area (Å²) in [5, 5.41) is 19.2. The van der Waals surface area contributed by atoms with Crippen LogP contribution in [0.5, 0.6) is 11.5 Å². The molecular formula is C18H22O2. The van der Waals surface area contributed by atoms with Crippen LogP contribution in [-0.4, -0.2) is 10.2 Å². The molecule has 2 atom stereocenters. The van der Waals surface area contributed by atoms with Gasteiger partial charge in [0.25, 0.3) is 0 Å². The molecular weight excluding hydrogens is 248 g/mol. The lowest BCUT2D eigenvalue weighted by Gasteiger charge is -2.26. The predicted octanol–water partition coefficient (Wildman–Crippen LogP) is 4.79. The molecule has 2 nitrogen and oxygen atoms in total. The van der Waals surface area contributed by atoms with Gasteiger partial charge in [-0.2, -0.15) is 0 Å². The van der Waals surface area contributed by atoms with E-state index in [0.717, 1.165) is 18.4 Å². The number of phenols is 2. The van der Waals surface area contributed by atoms with Crippen molar-refractivity contribution >= 4 is 0 Å². The van der Waals surface area contributed by atoms with E-state index in [1.807, 2.05) is 12.1 Å². The minimum absolute atomic E-state index is 0.0381. The van der Waals surface area contributed by atoms with Gasteiger partial charge in [0.2, 0.25) is 0 Å². The van der Waals surface area contributed by atoms with E-state index in [4.69, 9.17) is 0 Å². The van der Waals surface area contributed by atoms with Crippen LogP contribution in [0.3, 0.4) is 0 Å². The molecule has 2 N–H and O–H groups in total. The third-order valence-corrected chi connectivity index (χ3v) is 4.02. The largest absolute Gasteiger partial charge is 0.504 e. The molecule has 0 aliphatic heterocycles. The predicted molar refractivity (Wildman–Crippen MR) is 82.3 cm³/mol. The maximum atomic E-state index is 9.72. The van der Waals surface area contributed by atoms with Crippen molar-refractivity contribution in [3.63, 3.8) is 0 Å². The van der Waals surface area contributed by atoms with Crippen molar-refractivity contribution in [3.8, 4) is 11.5 Å². The summed E-state index contributed by atoms with van der Waals surface area (Å²) in [6.07, 6.45) is 2.04. The summed E-state index contributed by atoms with van der Waals surface area (Å²) in [5.74, 6) is 0.666. The Hall–Kier alpha value is -1.96. The van der Waals surface area contributed by atoms with Gasteiger partial charge < -0.3 is 10.2 Å². The van der Waals surface area contributed by atoms with Crippen molar-refractivity contribution in [1.29, 1.82) is 0 Å². The van der Waals surface area contributed by atoms with Crippen LogP contribution in [0.1, 0.15) is 49.7 Å². The molecule has 2 aromatic rings. The zero-order chi connectivity index (χ0) is 14.5. The van der Waals surface area contributed by atoms with Gasteiger partial charge in [0.15, 0.2) is 11.5 Å². The van der Waals surface area contributed by atoms with E-state index in [-0.39, 0.29) is 11.5 Å². The van der Waals surface area contributed by atoms with Crippen LogP contribution in [0, 0.1) is 0 Å². The third-order valence-electron chi connectivity index (χ3n) is 4.02. The number of rotatable bonds is 5. The topological polar surface area (TPSA) is 40.5 Å². The number of benzene rings is 2. The number of phenolic OH excluding ortho intramolecular Hbond substituents is 2. The molecule has 2 heteroatoms. The minimum Gasteiger partial charge on any atom is -0.504 e. The quantitative estimate of drug-likeness (QED) is 0.767. The number of aromatic hydroxyl groups is 2. The average Bonchev–Trinajstić information content (AvgIpc) is 2.48. The fourth-order valence-electron chi connectivity index (χ4n) is 2.98. The Morgan fingerprint density at radius 3 is 1.90 bits per heavy atom. The summed E-state index contributed by atoms with van der Waals surface area (Å²) in [5.41, 5.74) is 2.41. The molecule has 0 saturated carbocycles. The Morgan fingerprint density at radius 1 is 0.750 bits per heavy atom. The summed E-state index contributed by atoms with van der Waals surface area (Å²) in [6, 6.07) is 15.7. The van der Waals surface area contributed by atoms with Crippen molar-refractivity contribution in [2.45, 2.75) is 38.5 Å². The summed E-state index contributed by atoms with van der Waals surface area (Å²) in [6.45, 7) is 4.36. The van der Waals surface area contributed by atoms with E-state index in [9.17, 15) is 10.2 Å². The normalized spacial score (nSPS) is 13.9. The van der Waals surface area contributed by atoms with Crippen LogP contribution in [0.2, 0.25) is 0 Å². The second kappa shape index (κ2) is 6.47. The van der Waals surface area contributed by atoms with E-state index >= 15 is 0 Å². The summed E-state index contributed by atoms with van der Waals surface area (Å²) < 4.78 is 0. The molecule has 0 saturated heterocycles. The first-order valence-electron chi connectivity index (χ1n) is 7.24. The zero-order valence-electron chi connectivity index (χ0n) is 12.1. The molecule has 0 amide bonds. The molecule has 0 radical (unpaired) electrons. The first-order chi connectivity index (χ1) is 9.67. The fourth-order valence-corrected chi connectivity index (χ4v) is 2.98. The van der Waals surface area contributed by atoms with Gasteiger partial charge in [0.05, 0.1) is 0 Å². The molecule has 2 aromatic carbocycles. The summed E-state index contributed by atoms with van der Waals surface area (Å²) in [4.78, 5) is 0. The Balaban J connectivity index is 2.36. The van der Waals surface area contributed by atoms with Crippen LogP contribution in [0.15, 0.2) is 48.5 Å². The van der Waals surface area contributed by atoms with Crippen LogP contribution in [0.25, 0.3) is 0 Å². The van der Waals surface area contributed by atoms with E-state index in [2.05, 4.69) is 38.1 Å². The van der Waals surface area contributed by atoms with Crippen LogP contribution in [0.4, 0.5) is 0 Å². The van der Waals surface area contributed by atoms with Crippen molar-refractivity contribution in [2.75, 3.05) is 0 Å². The molecule has 0 aromatic heterocycles. The van der Waals surface area contributed by atoms with E-state index in [1.165, 1.54) is 5.56 Å². The Labute approximate surface area is 120 Å². The average molecular weight is 270 g/mol. The second-order valence-corrected chi connectivity index (χ2v) is 5.19. The highest BCUT2D eigenvalue weighted by atomic mass is 16.3. The highest BCUT2D eigenvalue weighted by Gasteiger charge is 2.22. The van der Waals surface area contributed by atoms with Gasteiger partial charge in [-0.3, -0.25) is 0 Å². The molecule has 0 fully saturated rings. The van der Waals surface area contributed by atoms with Crippen LogP contribution in [-0.2, 0) is 0 Å². The highest BCUT2D eigenvalue weighted by molar-refractivity contribution is 5.42. The zero-order valence-corrected chi connectivity index (χ0v) is 12.1. The van der Waals surface area contributed by atoms with Crippen molar-refractivity contribution in [3.05, 3.63) is 59.7 Å². The monoisotopic (exact) mass is 270 g/mol. The summed E-state index contributed by atoms with van der Waals surface area (Å²) in [7, 11) is 0. The summed E-state index contributed by atoms with van der Waals surface area (Å²) >= 11 is 0. The standard InChI is InChI=1S/C18H22O2/c1-3-15(13-8-6-5-7-9-13)16(4-2)14-10-11-17(19)18(20)12-14/h5-12,15-16,19-20H,3-4H2,1-2H3/t15-,16+/m1/s1. The van der Waals surface area contributed by atoms with Gasteiger partial charge in [-0.15, -0.1) is 0 Å². The lowest BCUT2D eigenvalue weighted by atomic mass is 9.78. The van der Waals surface area contributed by atoms with Gasteiger partial charge in [-0.05, 0) is 47.9 Å². The SMILES string of the molecule is CC[C@H](c1ccccc1)[C@@H](CC)c1ccc(O)c(O)c1. The van der Waals surface area contributed by atoms with Gasteiger partial charge in [0, 0.05) is 0 Å². The van der Waals surface area contributed by atoms with E-state index < -0.39 is 0 Å². The molecule has 20 heavy (non-hydrogen) atoms. The molecule has 0 aliphatic rings. The van der Waals surface area contributed by atoms with Crippen LogP contribution < -0.4 is 0 Å². The molecule has 0 bridgehead atoms. The maximum Gasteiger partial charge on any atom is 0.157 e.